The highest BCUT2D eigenvalue weighted by atomic mass is 32.2. The van der Waals surface area contributed by atoms with Crippen molar-refractivity contribution in [2.75, 3.05) is 6.54 Å². The molecular weight excluding hydrogens is 742 g/mol. The summed E-state index contributed by atoms with van der Waals surface area (Å²) in [5.74, 6) is -2.95. The van der Waals surface area contributed by atoms with Gasteiger partial charge in [-0.1, -0.05) is 44.2 Å². The van der Waals surface area contributed by atoms with Crippen LogP contribution in [0.1, 0.15) is 95.2 Å². The van der Waals surface area contributed by atoms with E-state index in [1.165, 1.54) is 21.9 Å². The number of sulfonamides is 1. The molecule has 2 aromatic rings. The lowest BCUT2D eigenvalue weighted by molar-refractivity contribution is -0.141. The molecule has 0 spiro atoms. The lowest BCUT2D eigenvalue weighted by Gasteiger charge is -2.30. The highest BCUT2D eigenvalue weighted by Gasteiger charge is 2.62. The molecule has 0 bridgehead atoms. The van der Waals surface area contributed by atoms with Crippen LogP contribution in [0.25, 0.3) is 0 Å². The van der Waals surface area contributed by atoms with Crippen LogP contribution in [-0.4, -0.2) is 84.0 Å². The van der Waals surface area contributed by atoms with Crippen LogP contribution in [0.4, 0.5) is 14.0 Å². The number of nitrogens with one attached hydrogen (secondary N) is 3. The highest BCUT2D eigenvalue weighted by Crippen LogP contribution is 2.48. The molecule has 17 heteroatoms. The molecule has 6 rings (SSSR count). The first-order valence-corrected chi connectivity index (χ1v) is 20.8. The van der Waals surface area contributed by atoms with E-state index in [1.54, 1.807) is 45.2 Å². The van der Waals surface area contributed by atoms with E-state index in [0.717, 1.165) is 42.6 Å². The van der Waals surface area contributed by atoms with Gasteiger partial charge in [-0.2, -0.15) is 0 Å². The summed E-state index contributed by atoms with van der Waals surface area (Å²) < 4.78 is 54.3. The average molecular weight is 790 g/mol. The summed E-state index contributed by atoms with van der Waals surface area (Å²) in [5.41, 5.74) is -0.626. The van der Waals surface area contributed by atoms with E-state index in [2.05, 4.69) is 15.4 Å². The third-order valence-corrected chi connectivity index (χ3v) is 13.3. The van der Waals surface area contributed by atoms with Crippen molar-refractivity contribution in [3.63, 3.8) is 0 Å². The molecule has 1 aromatic heterocycles. The van der Waals surface area contributed by atoms with Crippen molar-refractivity contribution in [2.24, 2.45) is 5.92 Å². The van der Waals surface area contributed by atoms with Crippen molar-refractivity contribution in [1.29, 1.82) is 0 Å². The molecule has 0 unspecified atom stereocenters. The molecule has 294 valence electrons. The van der Waals surface area contributed by atoms with Gasteiger partial charge in [0.1, 0.15) is 39.4 Å². The molecule has 4 aliphatic rings. The number of hydrogen-bond acceptors (Lipinski definition) is 10. The highest BCUT2D eigenvalue weighted by molar-refractivity contribution is 7.92. The first-order valence-electron chi connectivity index (χ1n) is 18.4. The number of carbonyl (C=O) groups is 5. The number of alkyl carbamates (subject to hydrolysis) is 1. The largest absolute Gasteiger partial charge is 0.444 e. The fraction of sp³-hybridized carbons (Fsp3) is 0.595. The van der Waals surface area contributed by atoms with Crippen molar-refractivity contribution in [2.45, 2.75) is 132 Å². The summed E-state index contributed by atoms with van der Waals surface area (Å²) in [6.07, 6.45) is 2.13. The first-order chi connectivity index (χ1) is 25.5. The van der Waals surface area contributed by atoms with Gasteiger partial charge >= 0.3 is 12.2 Å². The zero-order valence-electron chi connectivity index (χ0n) is 30.9. The smallest absolute Gasteiger partial charge is 0.410 e. The molecule has 4 heterocycles. The molecule has 3 aliphatic heterocycles. The van der Waals surface area contributed by atoms with Crippen molar-refractivity contribution in [1.82, 2.24) is 25.2 Å². The fourth-order valence-electron chi connectivity index (χ4n) is 7.56. The van der Waals surface area contributed by atoms with E-state index in [0.29, 0.717) is 24.0 Å². The Kier molecular flexibility index (Phi) is 11.3. The number of hydrogen-bond donors (Lipinski definition) is 3. The molecule has 1 saturated carbocycles. The number of amides is 5. The molecule has 1 aliphatic carbocycles. The van der Waals surface area contributed by atoms with E-state index in [-0.39, 0.29) is 49.0 Å². The Morgan fingerprint density at radius 1 is 1.06 bits per heavy atom. The third kappa shape index (κ3) is 8.82. The molecular formula is C37H48FN5O9S2. The molecule has 2 saturated heterocycles. The van der Waals surface area contributed by atoms with Crippen molar-refractivity contribution >= 4 is 51.3 Å². The van der Waals surface area contributed by atoms with Crippen LogP contribution < -0.4 is 15.4 Å². The second-order valence-corrected chi connectivity index (χ2v) is 18.6. The summed E-state index contributed by atoms with van der Waals surface area (Å²) in [6.45, 7) is 6.75. The molecule has 0 radical (unpaired) electrons. The van der Waals surface area contributed by atoms with Gasteiger partial charge in [0, 0.05) is 18.5 Å². The number of rotatable bonds is 5. The van der Waals surface area contributed by atoms with Gasteiger partial charge in [-0.05, 0) is 81.5 Å². The Morgan fingerprint density at radius 2 is 1.78 bits per heavy atom. The second kappa shape index (κ2) is 15.5. The predicted molar refractivity (Wildman–Crippen MR) is 195 cm³/mol. The first kappa shape index (κ1) is 39.4. The van der Waals surface area contributed by atoms with Crippen molar-refractivity contribution in [3.8, 4) is 0 Å². The summed E-state index contributed by atoms with van der Waals surface area (Å²) in [4.78, 5) is 71.5. The lowest BCUT2D eigenvalue weighted by Crippen LogP contribution is -2.58. The molecule has 54 heavy (non-hydrogen) atoms. The number of thiophene rings is 1. The van der Waals surface area contributed by atoms with Crippen molar-refractivity contribution < 1.29 is 46.3 Å². The van der Waals surface area contributed by atoms with Crippen LogP contribution in [0, 0.1) is 18.7 Å². The molecule has 5 amide bonds. The molecule has 3 fully saturated rings. The van der Waals surface area contributed by atoms with Crippen LogP contribution in [-0.2, 0) is 47.0 Å². The van der Waals surface area contributed by atoms with Crippen LogP contribution in [0.2, 0.25) is 0 Å². The Labute approximate surface area is 318 Å². The maximum absolute atomic E-state index is 14.4. The quantitative estimate of drug-likeness (QED) is 0.389. The topological polar surface area (TPSA) is 181 Å². The average Bonchev–Trinajstić information content (AvgIpc) is 3.46. The zero-order valence-corrected chi connectivity index (χ0v) is 32.6. The van der Waals surface area contributed by atoms with Gasteiger partial charge in [-0.25, -0.2) is 27.1 Å². The Morgan fingerprint density at radius 3 is 2.46 bits per heavy atom. The Bertz CT molecular complexity index is 1910. The summed E-state index contributed by atoms with van der Waals surface area (Å²) >= 11 is 0.978. The number of fused-ring (bicyclic) bond motifs is 3. The molecule has 1 aromatic carbocycles. The van der Waals surface area contributed by atoms with E-state index in [9.17, 15) is 36.8 Å². The van der Waals surface area contributed by atoms with Gasteiger partial charge in [0.05, 0.1) is 13.1 Å². The molecule has 14 nitrogen and oxygen atoms in total. The van der Waals surface area contributed by atoms with Gasteiger partial charge in [0.2, 0.25) is 11.8 Å². The van der Waals surface area contributed by atoms with Gasteiger partial charge in [0.25, 0.3) is 15.9 Å². The number of carbonyl (C=O) groups excluding carboxylic acids is 5. The minimum absolute atomic E-state index is 0.00499. The van der Waals surface area contributed by atoms with E-state index in [1.807, 2.05) is 0 Å². The molecule has 3 N–H and O–H groups in total. The lowest BCUT2D eigenvalue weighted by atomic mass is 10.0. The number of halogens is 1. The van der Waals surface area contributed by atoms with E-state index >= 15 is 0 Å². The number of aryl methyl sites for hydroxylation is 1. The maximum Gasteiger partial charge on any atom is 0.410 e. The second-order valence-electron chi connectivity index (χ2n) is 15.8. The zero-order chi connectivity index (χ0) is 39.0. The third-order valence-electron chi connectivity index (χ3n) is 10.4. The normalized spacial score (nSPS) is 26.3. The summed E-state index contributed by atoms with van der Waals surface area (Å²) in [7, 11) is -4.23. The predicted octanol–water partition coefficient (Wildman–Crippen LogP) is 4.63. The number of nitrogens with zero attached hydrogens (tertiary/aromatic N) is 2. The SMILES string of the molecule is Cc1csc(S(=O)(=O)NC(=O)[C@@]23C[C@@H]2CCCCCCC[C@H](NC(=O)OC(C)(C)C)C(=O)N2C[C@H](OC(=O)N4Cc5cccc(F)c5C4)C[C@H]2C(=O)N3)c1. The van der Waals surface area contributed by atoms with E-state index in [4.69, 9.17) is 9.47 Å². The van der Waals surface area contributed by atoms with Crippen LogP contribution in [0.15, 0.2) is 33.9 Å². The maximum atomic E-state index is 14.4. The van der Waals surface area contributed by atoms with Crippen LogP contribution in [0.3, 0.4) is 0 Å². The fourth-order valence-corrected chi connectivity index (χ4v) is 9.83. The van der Waals surface area contributed by atoms with Crippen LogP contribution in [0.5, 0.6) is 0 Å². The van der Waals surface area contributed by atoms with Gasteiger partial charge < -0.3 is 25.0 Å². The van der Waals surface area contributed by atoms with Crippen LogP contribution >= 0.6 is 11.3 Å². The summed E-state index contributed by atoms with van der Waals surface area (Å²) in [6, 6.07) is 3.75. The number of ether oxygens (including phenoxy) is 2. The molecule has 5 atom stereocenters. The van der Waals surface area contributed by atoms with Crippen molar-refractivity contribution in [3.05, 3.63) is 52.2 Å². The van der Waals surface area contributed by atoms with Gasteiger partial charge in [-0.3, -0.25) is 19.3 Å². The monoisotopic (exact) mass is 789 g/mol. The minimum atomic E-state index is -4.23. The Hall–Kier alpha value is -4.25. The Balaban J connectivity index is 1.26. The van der Waals surface area contributed by atoms with E-state index < -0.39 is 75.1 Å². The minimum Gasteiger partial charge on any atom is -0.444 e. The van der Waals surface area contributed by atoms with Gasteiger partial charge in [0.15, 0.2) is 0 Å². The standard InChI is InChI=1S/C37H48FN5O9S2/c1-22-15-30(53-21-22)54(49,50)41-33(46)37-17-24(37)12-8-6-5-7-9-14-28(39-34(47)52-36(2,3)4)32(45)43-19-25(16-29(43)31(44)40-37)51-35(48)42-18-23-11-10-13-27(38)26(23)20-42/h10-11,13,15,21,24-25,28-29H,5-9,12,14,16-20H2,1-4H3,(H,39,47)(H,40,44)(H,41,46)/t24-,25+,28-,29-,37+/m0/s1. The summed E-state index contributed by atoms with van der Waals surface area (Å²) in [5, 5.41) is 7.17. The number of benzene rings is 1. The van der Waals surface area contributed by atoms with Gasteiger partial charge in [-0.15, -0.1) is 11.3 Å².